The Balaban J connectivity index is 1.92. The largest absolute Gasteiger partial charge is 0.506 e. The third kappa shape index (κ3) is 4.00. The van der Waals surface area contributed by atoms with E-state index in [-0.39, 0.29) is 25.1 Å². The van der Waals surface area contributed by atoms with Crippen molar-refractivity contribution < 1.29 is 35.9 Å². The molecule has 148 valence electrons. The summed E-state index contributed by atoms with van der Waals surface area (Å²) in [7, 11) is -4.33. The van der Waals surface area contributed by atoms with Gasteiger partial charge in [-0.25, -0.2) is 13.4 Å². The number of anilines is 1. The van der Waals surface area contributed by atoms with Crippen molar-refractivity contribution >= 4 is 27.4 Å². The lowest BCUT2D eigenvalue weighted by Gasteiger charge is -2.28. The van der Waals surface area contributed by atoms with Crippen LogP contribution >= 0.6 is 0 Å². The molecule has 2 aliphatic heterocycles. The zero-order valence-corrected chi connectivity index (χ0v) is 14.6. The lowest BCUT2D eigenvalue weighted by Crippen LogP contribution is -2.37. The highest BCUT2D eigenvalue weighted by Crippen LogP contribution is 2.38. The second-order valence-corrected chi connectivity index (χ2v) is 7.76. The highest BCUT2D eigenvalue weighted by molar-refractivity contribution is 7.92. The quantitative estimate of drug-likeness (QED) is 0.736. The van der Waals surface area contributed by atoms with Crippen LogP contribution in [0.1, 0.15) is 12.0 Å². The molecule has 1 saturated heterocycles. The van der Waals surface area contributed by atoms with Gasteiger partial charge < -0.3 is 5.11 Å². The number of halogens is 4. The van der Waals surface area contributed by atoms with Gasteiger partial charge in [-0.1, -0.05) is 6.08 Å². The summed E-state index contributed by atoms with van der Waals surface area (Å²) in [5.74, 6) is -2.61. The zero-order chi connectivity index (χ0) is 20.0. The van der Waals surface area contributed by atoms with Crippen LogP contribution in [-0.2, 0) is 15.0 Å². The van der Waals surface area contributed by atoms with Gasteiger partial charge in [0.25, 0.3) is 5.91 Å². The van der Waals surface area contributed by atoms with Crippen molar-refractivity contribution in [3.8, 4) is 5.75 Å². The molecule has 0 unspecified atom stereocenters. The molecule has 0 aliphatic carbocycles. The smallest absolute Gasteiger partial charge is 0.401 e. The molecule has 3 rings (SSSR count). The van der Waals surface area contributed by atoms with Crippen LogP contribution in [0.4, 0.5) is 23.2 Å². The number of aromatic hydroxyl groups is 1. The lowest BCUT2D eigenvalue weighted by molar-refractivity contribution is -0.144. The van der Waals surface area contributed by atoms with E-state index in [4.69, 9.17) is 0 Å². The maximum Gasteiger partial charge on any atom is 0.401 e. The summed E-state index contributed by atoms with van der Waals surface area (Å²) in [6, 6.07) is 2.30. The number of amides is 1. The molecule has 2 aliphatic rings. The fraction of sp³-hybridized carbons (Fsp3) is 0.400. The number of hydrogen-bond donors (Lipinski definition) is 2. The van der Waals surface area contributed by atoms with Crippen LogP contribution in [0.25, 0.3) is 5.57 Å². The van der Waals surface area contributed by atoms with Crippen LogP contribution in [0.3, 0.4) is 0 Å². The van der Waals surface area contributed by atoms with Crippen molar-refractivity contribution in [2.75, 3.05) is 30.5 Å². The molecule has 0 aromatic heterocycles. The first-order chi connectivity index (χ1) is 12.5. The number of phenols is 1. The molecule has 1 fully saturated rings. The molecule has 7 nitrogen and oxygen atoms in total. The summed E-state index contributed by atoms with van der Waals surface area (Å²) in [6.07, 6.45) is -2.80. The SMILES string of the molecule is O=C1CN(c2c(O)ccc(C3=CCN(CC(F)(F)F)CC3)c2F)S(=O)(=O)N1. The molecule has 0 spiro atoms. The Morgan fingerprint density at radius 3 is 2.48 bits per heavy atom. The maximum atomic E-state index is 15.0. The average Bonchev–Trinajstić information content (AvgIpc) is 2.80. The summed E-state index contributed by atoms with van der Waals surface area (Å²) in [6.45, 7) is -1.77. The number of nitrogens with one attached hydrogen (secondary N) is 1. The van der Waals surface area contributed by atoms with Gasteiger partial charge in [0.2, 0.25) is 0 Å². The number of hydrogen-bond acceptors (Lipinski definition) is 5. The van der Waals surface area contributed by atoms with Gasteiger partial charge in [-0.05, 0) is 24.1 Å². The predicted octanol–water partition coefficient (Wildman–Crippen LogP) is 1.36. The molecule has 0 bridgehead atoms. The minimum absolute atomic E-state index is 0.0380. The first-order valence-corrected chi connectivity index (χ1v) is 9.25. The lowest BCUT2D eigenvalue weighted by atomic mass is 9.98. The average molecular weight is 409 g/mol. The van der Waals surface area contributed by atoms with Crippen molar-refractivity contribution in [3.63, 3.8) is 0 Å². The van der Waals surface area contributed by atoms with Gasteiger partial charge in [-0.2, -0.15) is 21.6 Å². The second-order valence-electron chi connectivity index (χ2n) is 6.16. The molecule has 2 heterocycles. The molecule has 0 atom stereocenters. The van der Waals surface area contributed by atoms with Gasteiger partial charge in [-0.3, -0.25) is 9.69 Å². The molecule has 0 saturated carbocycles. The number of carbonyl (C=O) groups excluding carboxylic acids is 1. The van der Waals surface area contributed by atoms with Gasteiger partial charge >= 0.3 is 16.4 Å². The van der Waals surface area contributed by atoms with Crippen LogP contribution in [0, 0.1) is 5.82 Å². The van der Waals surface area contributed by atoms with Gasteiger partial charge in [-0.15, -0.1) is 0 Å². The van der Waals surface area contributed by atoms with Crippen molar-refractivity contribution in [1.29, 1.82) is 0 Å². The number of alkyl halides is 3. The zero-order valence-electron chi connectivity index (χ0n) is 13.8. The molecule has 1 aromatic rings. The van der Waals surface area contributed by atoms with Crippen LogP contribution in [0.2, 0.25) is 0 Å². The van der Waals surface area contributed by atoms with E-state index in [1.807, 2.05) is 0 Å². The van der Waals surface area contributed by atoms with Gasteiger partial charge in [0.15, 0.2) is 5.82 Å². The molecule has 27 heavy (non-hydrogen) atoms. The number of nitrogens with zero attached hydrogens (tertiary/aromatic N) is 2. The molecule has 0 radical (unpaired) electrons. The standard InChI is InChI=1S/C15H15F4N3O4S/c16-13-10(9-3-5-21(6-4-9)8-15(17,18)19)1-2-11(23)14(13)22-7-12(24)20-27(22,25)26/h1-3,23H,4-8H2,(H,20,24). The van der Waals surface area contributed by atoms with Crippen molar-refractivity contribution in [1.82, 2.24) is 9.62 Å². The first-order valence-electron chi connectivity index (χ1n) is 7.81. The molecular weight excluding hydrogens is 394 g/mol. The van der Waals surface area contributed by atoms with E-state index in [0.29, 0.717) is 9.88 Å². The predicted molar refractivity (Wildman–Crippen MR) is 87.6 cm³/mol. The topological polar surface area (TPSA) is 90.0 Å². The number of benzene rings is 1. The summed E-state index contributed by atoms with van der Waals surface area (Å²) in [5.41, 5.74) is -0.323. The Bertz CT molecular complexity index is 914. The third-order valence-corrected chi connectivity index (χ3v) is 5.58. The second kappa shape index (κ2) is 6.68. The van der Waals surface area contributed by atoms with Crippen molar-refractivity contribution in [2.45, 2.75) is 12.6 Å². The van der Waals surface area contributed by atoms with E-state index in [0.717, 1.165) is 11.0 Å². The van der Waals surface area contributed by atoms with Crippen LogP contribution in [-0.4, -0.2) is 56.7 Å². The molecule has 12 heteroatoms. The van der Waals surface area contributed by atoms with E-state index in [2.05, 4.69) is 0 Å². The van der Waals surface area contributed by atoms with E-state index >= 15 is 0 Å². The Kier molecular flexibility index (Phi) is 4.80. The Morgan fingerprint density at radius 1 is 1.26 bits per heavy atom. The molecular formula is C15H15F4N3O4S. The fourth-order valence-corrected chi connectivity index (χ4v) is 4.20. The van der Waals surface area contributed by atoms with Crippen molar-refractivity contribution in [3.05, 3.63) is 29.6 Å². The van der Waals surface area contributed by atoms with E-state index < -0.39 is 52.6 Å². The summed E-state index contributed by atoms with van der Waals surface area (Å²) < 4.78 is 78.3. The fourth-order valence-electron chi connectivity index (χ4n) is 3.04. The minimum atomic E-state index is -4.34. The number of carbonyl (C=O) groups is 1. The third-order valence-electron chi connectivity index (χ3n) is 4.21. The number of phenolic OH excluding ortho intramolecular Hbond substituents is 1. The summed E-state index contributed by atoms with van der Waals surface area (Å²) >= 11 is 0. The molecule has 1 amide bonds. The van der Waals surface area contributed by atoms with E-state index in [9.17, 15) is 35.9 Å². The Labute approximate surface area is 152 Å². The van der Waals surface area contributed by atoms with Gasteiger partial charge in [0.05, 0.1) is 6.54 Å². The Hall–Kier alpha value is -2.34. The maximum absolute atomic E-state index is 15.0. The summed E-state index contributed by atoms with van der Waals surface area (Å²) in [5, 5.41) is 9.92. The normalized spacial score (nSPS) is 20.5. The van der Waals surface area contributed by atoms with Gasteiger partial charge in [0, 0.05) is 18.7 Å². The van der Waals surface area contributed by atoms with Crippen LogP contribution in [0.15, 0.2) is 18.2 Å². The van der Waals surface area contributed by atoms with Gasteiger partial charge in [0.1, 0.15) is 18.0 Å². The Morgan fingerprint density at radius 2 is 1.96 bits per heavy atom. The highest BCUT2D eigenvalue weighted by Gasteiger charge is 2.38. The van der Waals surface area contributed by atoms with Crippen molar-refractivity contribution in [2.24, 2.45) is 0 Å². The monoisotopic (exact) mass is 409 g/mol. The highest BCUT2D eigenvalue weighted by atomic mass is 32.2. The molecule has 2 N–H and O–H groups in total. The summed E-state index contributed by atoms with van der Waals surface area (Å²) in [4.78, 5) is 12.5. The van der Waals surface area contributed by atoms with Crippen LogP contribution in [0.5, 0.6) is 5.75 Å². The van der Waals surface area contributed by atoms with E-state index in [1.165, 1.54) is 12.1 Å². The van der Waals surface area contributed by atoms with E-state index in [1.54, 1.807) is 4.72 Å². The minimum Gasteiger partial charge on any atom is -0.506 e. The first kappa shape index (κ1) is 19.4. The van der Waals surface area contributed by atoms with Crippen LogP contribution < -0.4 is 9.03 Å². The molecule has 1 aromatic carbocycles. The number of rotatable bonds is 3.